The zero-order valence-corrected chi connectivity index (χ0v) is 16.2. The Morgan fingerprint density at radius 1 is 1.28 bits per heavy atom. The van der Waals surface area contributed by atoms with Crippen LogP contribution in [0.5, 0.6) is 0 Å². The standard InChI is InChI=1S/C21H32N2O2/c1-17(2)18-10-9-11-19(16-18)21(3,4)22-20(24)25-15-14-23(5)12-7-6-8-13-23/h9-11,16H,1,6-8,12-15H2,2-5H3/p+1. The first-order valence-corrected chi connectivity index (χ1v) is 9.27. The lowest BCUT2D eigenvalue weighted by Crippen LogP contribution is -2.50. The molecule has 4 nitrogen and oxygen atoms in total. The molecule has 0 bridgehead atoms. The van der Waals surface area contributed by atoms with Crippen molar-refractivity contribution in [2.75, 3.05) is 33.3 Å². The number of carbonyl (C=O) groups excluding carboxylic acids is 1. The lowest BCUT2D eigenvalue weighted by atomic mass is 9.92. The number of nitrogens with zero attached hydrogens (tertiary/aromatic N) is 1. The second-order valence-electron chi connectivity index (χ2n) is 8.10. The van der Waals surface area contributed by atoms with Crippen molar-refractivity contribution >= 4 is 11.7 Å². The number of alkyl carbamates (subject to hydrolysis) is 1. The first-order chi connectivity index (χ1) is 11.7. The van der Waals surface area contributed by atoms with Gasteiger partial charge < -0.3 is 14.5 Å². The molecule has 1 aliphatic rings. The number of likely N-dealkylation sites (N-methyl/N-ethyl adjacent to an activating group) is 1. The molecule has 1 aromatic rings. The van der Waals surface area contributed by atoms with E-state index in [1.807, 2.05) is 39.0 Å². The van der Waals surface area contributed by atoms with E-state index in [2.05, 4.69) is 25.0 Å². The number of likely N-dealkylation sites (tertiary alicyclic amines) is 1. The molecule has 0 radical (unpaired) electrons. The molecule has 1 heterocycles. The number of hydrogen-bond donors (Lipinski definition) is 1. The predicted molar refractivity (Wildman–Crippen MR) is 103 cm³/mol. The molecule has 1 fully saturated rings. The van der Waals surface area contributed by atoms with Crippen LogP contribution in [-0.2, 0) is 10.3 Å². The van der Waals surface area contributed by atoms with Crippen molar-refractivity contribution in [3.05, 3.63) is 42.0 Å². The van der Waals surface area contributed by atoms with E-state index >= 15 is 0 Å². The predicted octanol–water partition coefficient (Wildman–Crippen LogP) is 4.31. The Bertz CT molecular complexity index is 616. The maximum absolute atomic E-state index is 12.2. The fourth-order valence-corrected chi connectivity index (χ4v) is 3.39. The Hall–Kier alpha value is -1.81. The van der Waals surface area contributed by atoms with Crippen LogP contribution in [0.3, 0.4) is 0 Å². The number of carbonyl (C=O) groups is 1. The van der Waals surface area contributed by atoms with E-state index in [0.29, 0.717) is 6.61 Å². The third-order valence-electron chi connectivity index (χ3n) is 5.25. The van der Waals surface area contributed by atoms with Gasteiger partial charge in [-0.2, -0.15) is 0 Å². The van der Waals surface area contributed by atoms with E-state index in [9.17, 15) is 4.79 Å². The molecule has 1 amide bonds. The summed E-state index contributed by atoms with van der Waals surface area (Å²) >= 11 is 0. The van der Waals surface area contributed by atoms with Crippen molar-refractivity contribution in [2.24, 2.45) is 0 Å². The van der Waals surface area contributed by atoms with Gasteiger partial charge in [0.05, 0.1) is 25.7 Å². The number of ether oxygens (including phenoxy) is 1. The molecule has 0 spiro atoms. The van der Waals surface area contributed by atoms with Crippen molar-refractivity contribution in [3.63, 3.8) is 0 Å². The Balaban J connectivity index is 1.88. The van der Waals surface area contributed by atoms with Crippen molar-refractivity contribution < 1.29 is 14.0 Å². The Kier molecular flexibility index (Phi) is 6.28. The van der Waals surface area contributed by atoms with E-state index in [-0.39, 0.29) is 6.09 Å². The highest BCUT2D eigenvalue weighted by molar-refractivity contribution is 5.69. The number of quaternary nitrogens is 1. The molecule has 1 aliphatic heterocycles. The van der Waals surface area contributed by atoms with E-state index in [4.69, 9.17) is 4.74 Å². The van der Waals surface area contributed by atoms with E-state index in [1.165, 1.54) is 32.4 Å². The van der Waals surface area contributed by atoms with Crippen molar-refractivity contribution in [1.82, 2.24) is 5.32 Å². The smallest absolute Gasteiger partial charge is 0.408 e. The van der Waals surface area contributed by atoms with Gasteiger partial charge in [-0.1, -0.05) is 30.4 Å². The summed E-state index contributed by atoms with van der Waals surface area (Å²) in [7, 11) is 2.26. The van der Waals surface area contributed by atoms with Crippen molar-refractivity contribution in [3.8, 4) is 0 Å². The van der Waals surface area contributed by atoms with Crippen LogP contribution in [0.2, 0.25) is 0 Å². The second kappa shape index (κ2) is 8.05. The fraction of sp³-hybridized carbons (Fsp3) is 0.571. The minimum Gasteiger partial charge on any atom is -0.444 e. The number of amides is 1. The average molecular weight is 346 g/mol. The minimum absolute atomic E-state index is 0.352. The van der Waals surface area contributed by atoms with Gasteiger partial charge >= 0.3 is 6.09 Å². The topological polar surface area (TPSA) is 38.3 Å². The lowest BCUT2D eigenvalue weighted by molar-refractivity contribution is -0.914. The molecule has 0 aromatic heterocycles. The summed E-state index contributed by atoms with van der Waals surface area (Å²) in [6.45, 7) is 13.7. The van der Waals surface area contributed by atoms with E-state index < -0.39 is 5.54 Å². The maximum Gasteiger partial charge on any atom is 0.408 e. The highest BCUT2D eigenvalue weighted by atomic mass is 16.5. The molecule has 0 unspecified atom stereocenters. The zero-order valence-electron chi connectivity index (χ0n) is 16.2. The Labute approximate surface area is 152 Å². The number of allylic oxidation sites excluding steroid dienone is 1. The van der Waals surface area contributed by atoms with Gasteiger partial charge in [-0.15, -0.1) is 0 Å². The zero-order chi connectivity index (χ0) is 18.5. The molecular weight excluding hydrogens is 312 g/mol. The minimum atomic E-state index is -0.494. The SMILES string of the molecule is C=C(C)c1cccc(C(C)(C)NC(=O)OCC[N+]2(C)CCCCC2)c1. The molecule has 0 saturated carbocycles. The van der Waals surface area contributed by atoms with Crippen LogP contribution in [-0.4, -0.2) is 43.9 Å². The van der Waals surface area contributed by atoms with Crippen LogP contribution in [0, 0.1) is 0 Å². The average Bonchev–Trinajstić information content (AvgIpc) is 2.55. The van der Waals surface area contributed by atoms with Crippen LogP contribution < -0.4 is 5.32 Å². The third kappa shape index (κ3) is 5.60. The van der Waals surface area contributed by atoms with Gasteiger partial charge in [0.2, 0.25) is 0 Å². The molecule has 2 rings (SSSR count). The summed E-state index contributed by atoms with van der Waals surface area (Å²) in [6.07, 6.45) is 3.52. The van der Waals surface area contributed by atoms with Gasteiger partial charge in [-0.25, -0.2) is 4.79 Å². The largest absolute Gasteiger partial charge is 0.444 e. The van der Waals surface area contributed by atoms with Gasteiger partial charge in [0.1, 0.15) is 13.2 Å². The van der Waals surface area contributed by atoms with Gasteiger partial charge in [0.25, 0.3) is 0 Å². The van der Waals surface area contributed by atoms with Gasteiger partial charge in [0.15, 0.2) is 0 Å². The van der Waals surface area contributed by atoms with Gasteiger partial charge in [-0.05, 0) is 57.2 Å². The molecule has 1 saturated heterocycles. The maximum atomic E-state index is 12.2. The first kappa shape index (κ1) is 19.5. The van der Waals surface area contributed by atoms with Gasteiger partial charge in [-0.3, -0.25) is 0 Å². The Morgan fingerprint density at radius 2 is 1.96 bits per heavy atom. The summed E-state index contributed by atoms with van der Waals surface area (Å²) in [5, 5.41) is 2.99. The lowest BCUT2D eigenvalue weighted by Gasteiger charge is -2.37. The highest BCUT2D eigenvalue weighted by Crippen LogP contribution is 2.23. The number of nitrogens with one attached hydrogen (secondary N) is 1. The fourth-order valence-electron chi connectivity index (χ4n) is 3.39. The molecule has 0 atom stereocenters. The van der Waals surface area contributed by atoms with Crippen LogP contribution in [0.25, 0.3) is 5.57 Å². The summed E-state index contributed by atoms with van der Waals surface area (Å²) in [5.74, 6) is 0. The monoisotopic (exact) mass is 345 g/mol. The summed E-state index contributed by atoms with van der Waals surface area (Å²) in [4.78, 5) is 12.2. The van der Waals surface area contributed by atoms with Gasteiger partial charge in [0, 0.05) is 0 Å². The summed E-state index contributed by atoms with van der Waals surface area (Å²) in [6, 6.07) is 8.12. The summed E-state index contributed by atoms with van der Waals surface area (Å²) in [5.41, 5.74) is 2.65. The molecule has 25 heavy (non-hydrogen) atoms. The van der Waals surface area contributed by atoms with Crippen LogP contribution in [0.1, 0.15) is 51.2 Å². The molecule has 0 aliphatic carbocycles. The van der Waals surface area contributed by atoms with Crippen molar-refractivity contribution in [2.45, 2.75) is 45.6 Å². The van der Waals surface area contributed by atoms with Crippen LogP contribution in [0.4, 0.5) is 4.79 Å². The normalized spacial score (nSPS) is 17.0. The summed E-state index contributed by atoms with van der Waals surface area (Å²) < 4.78 is 6.47. The number of rotatable bonds is 6. The molecule has 1 N–H and O–H groups in total. The first-order valence-electron chi connectivity index (χ1n) is 9.27. The van der Waals surface area contributed by atoms with Crippen LogP contribution >= 0.6 is 0 Å². The molecular formula is C21H33N2O2+. The van der Waals surface area contributed by atoms with E-state index in [0.717, 1.165) is 27.7 Å². The van der Waals surface area contributed by atoms with Crippen LogP contribution in [0.15, 0.2) is 30.8 Å². The van der Waals surface area contributed by atoms with E-state index in [1.54, 1.807) is 0 Å². The number of hydrogen-bond acceptors (Lipinski definition) is 2. The highest BCUT2D eigenvalue weighted by Gasteiger charge is 2.27. The molecule has 1 aromatic carbocycles. The second-order valence-corrected chi connectivity index (χ2v) is 8.10. The quantitative estimate of drug-likeness (QED) is 0.780. The Morgan fingerprint density at radius 3 is 2.60 bits per heavy atom. The number of benzene rings is 1. The molecule has 4 heteroatoms. The third-order valence-corrected chi connectivity index (χ3v) is 5.25. The molecule has 138 valence electrons. The van der Waals surface area contributed by atoms with Crippen molar-refractivity contribution in [1.29, 1.82) is 0 Å². The number of piperidine rings is 1.